The first-order valence-electron chi connectivity index (χ1n) is 9.17. The van der Waals surface area contributed by atoms with Crippen molar-refractivity contribution < 1.29 is 23.1 Å². The van der Waals surface area contributed by atoms with Gasteiger partial charge < -0.3 is 13.9 Å². The molecule has 0 N–H and O–H groups in total. The van der Waals surface area contributed by atoms with Crippen LogP contribution in [0.25, 0.3) is 22.1 Å². The molecule has 0 saturated carbocycles. The maximum atomic E-state index is 13.1. The van der Waals surface area contributed by atoms with E-state index in [4.69, 9.17) is 9.15 Å². The Morgan fingerprint density at radius 1 is 0.967 bits per heavy atom. The maximum Gasteiger partial charge on any atom is 0.344 e. The second kappa shape index (κ2) is 8.21. The molecule has 0 saturated heterocycles. The molecule has 0 spiro atoms. The highest BCUT2D eigenvalue weighted by molar-refractivity contribution is 5.89. The van der Waals surface area contributed by atoms with Crippen LogP contribution in [0.2, 0.25) is 0 Å². The van der Waals surface area contributed by atoms with Crippen LogP contribution in [0.1, 0.15) is 15.9 Å². The molecule has 6 heteroatoms. The smallest absolute Gasteiger partial charge is 0.344 e. The van der Waals surface area contributed by atoms with Crippen LogP contribution in [0.15, 0.2) is 82.0 Å². The average molecular weight is 404 g/mol. The van der Waals surface area contributed by atoms with Crippen molar-refractivity contribution in [1.29, 1.82) is 0 Å². The molecule has 1 aromatic heterocycles. The highest BCUT2D eigenvalue weighted by Crippen LogP contribution is 2.25. The van der Waals surface area contributed by atoms with E-state index in [9.17, 15) is 14.0 Å². The Balaban J connectivity index is 1.53. The summed E-state index contributed by atoms with van der Waals surface area (Å²) < 4.78 is 29.0. The van der Waals surface area contributed by atoms with Gasteiger partial charge in [0.1, 0.15) is 23.8 Å². The first-order chi connectivity index (χ1) is 14.5. The van der Waals surface area contributed by atoms with Crippen molar-refractivity contribution in [1.82, 2.24) is 0 Å². The summed E-state index contributed by atoms with van der Waals surface area (Å²) in [5.74, 6) is -0.227. The quantitative estimate of drug-likeness (QED) is 0.347. The molecule has 0 fully saturated rings. The molecular weight excluding hydrogens is 387 g/mol. The van der Waals surface area contributed by atoms with Gasteiger partial charge >= 0.3 is 11.6 Å². The molecule has 0 amide bonds. The SMILES string of the molecule is COC(=O)c1ccc(COc2ccc3cc(-c4ccc(F)cc4)c(=O)oc3c2)cc1. The summed E-state index contributed by atoms with van der Waals surface area (Å²) in [6.45, 7) is 0.283. The Bertz CT molecular complexity index is 1260. The minimum Gasteiger partial charge on any atom is -0.489 e. The Labute approximate surface area is 171 Å². The highest BCUT2D eigenvalue weighted by atomic mass is 19.1. The van der Waals surface area contributed by atoms with Gasteiger partial charge in [-0.25, -0.2) is 14.0 Å². The van der Waals surface area contributed by atoms with Gasteiger partial charge in [-0.2, -0.15) is 0 Å². The van der Waals surface area contributed by atoms with E-state index in [1.54, 1.807) is 48.5 Å². The molecule has 4 aromatic rings. The molecule has 0 aliphatic heterocycles. The Kier molecular flexibility index (Phi) is 5.30. The fourth-order valence-electron chi connectivity index (χ4n) is 3.03. The topological polar surface area (TPSA) is 65.7 Å². The number of carbonyl (C=O) groups is 1. The predicted molar refractivity (Wildman–Crippen MR) is 110 cm³/mol. The molecule has 4 rings (SSSR count). The van der Waals surface area contributed by atoms with Crippen molar-refractivity contribution in [3.63, 3.8) is 0 Å². The maximum absolute atomic E-state index is 13.1. The van der Waals surface area contributed by atoms with Gasteiger partial charge in [0.2, 0.25) is 0 Å². The number of hydrogen-bond acceptors (Lipinski definition) is 5. The van der Waals surface area contributed by atoms with Crippen molar-refractivity contribution in [3.05, 3.63) is 100 Å². The van der Waals surface area contributed by atoms with E-state index in [0.717, 1.165) is 10.9 Å². The number of fused-ring (bicyclic) bond motifs is 1. The van der Waals surface area contributed by atoms with E-state index in [0.29, 0.717) is 28.0 Å². The van der Waals surface area contributed by atoms with E-state index in [1.807, 2.05) is 0 Å². The van der Waals surface area contributed by atoms with Gasteiger partial charge in [-0.05, 0) is 53.6 Å². The van der Waals surface area contributed by atoms with Gasteiger partial charge in [0.25, 0.3) is 0 Å². The van der Waals surface area contributed by atoms with Crippen LogP contribution in [0.5, 0.6) is 5.75 Å². The second-order valence-corrected chi connectivity index (χ2v) is 6.63. The van der Waals surface area contributed by atoms with Gasteiger partial charge in [0, 0.05) is 11.5 Å². The number of halogens is 1. The average Bonchev–Trinajstić information content (AvgIpc) is 2.77. The molecule has 150 valence electrons. The van der Waals surface area contributed by atoms with Crippen molar-refractivity contribution in [3.8, 4) is 16.9 Å². The lowest BCUT2D eigenvalue weighted by atomic mass is 10.1. The molecule has 0 aliphatic carbocycles. The van der Waals surface area contributed by atoms with Gasteiger partial charge in [-0.15, -0.1) is 0 Å². The summed E-state index contributed by atoms with van der Waals surface area (Å²) in [7, 11) is 1.33. The van der Waals surface area contributed by atoms with Crippen molar-refractivity contribution in [2.24, 2.45) is 0 Å². The third-order valence-corrected chi connectivity index (χ3v) is 4.64. The van der Waals surface area contributed by atoms with Gasteiger partial charge in [-0.1, -0.05) is 24.3 Å². The van der Waals surface area contributed by atoms with Gasteiger partial charge in [0.15, 0.2) is 0 Å². The van der Waals surface area contributed by atoms with E-state index < -0.39 is 11.6 Å². The second-order valence-electron chi connectivity index (χ2n) is 6.63. The molecule has 0 aliphatic rings. The van der Waals surface area contributed by atoms with Crippen LogP contribution < -0.4 is 10.4 Å². The van der Waals surface area contributed by atoms with Gasteiger partial charge in [0.05, 0.1) is 18.2 Å². The minimum absolute atomic E-state index is 0.283. The van der Waals surface area contributed by atoms with Crippen LogP contribution in [-0.2, 0) is 11.3 Å². The zero-order valence-corrected chi connectivity index (χ0v) is 16.1. The number of benzene rings is 3. The van der Waals surface area contributed by atoms with Crippen LogP contribution >= 0.6 is 0 Å². The molecule has 0 unspecified atom stereocenters. The van der Waals surface area contributed by atoms with Crippen molar-refractivity contribution in [2.45, 2.75) is 6.61 Å². The zero-order valence-electron chi connectivity index (χ0n) is 16.1. The number of esters is 1. The number of hydrogen-bond donors (Lipinski definition) is 0. The summed E-state index contributed by atoms with van der Waals surface area (Å²) >= 11 is 0. The van der Waals surface area contributed by atoms with E-state index in [-0.39, 0.29) is 12.4 Å². The molecule has 30 heavy (non-hydrogen) atoms. The van der Waals surface area contributed by atoms with E-state index >= 15 is 0 Å². The summed E-state index contributed by atoms with van der Waals surface area (Å²) in [6.07, 6.45) is 0. The normalized spacial score (nSPS) is 10.7. The van der Waals surface area contributed by atoms with Crippen LogP contribution in [0.3, 0.4) is 0 Å². The zero-order chi connectivity index (χ0) is 21.1. The summed E-state index contributed by atoms with van der Waals surface area (Å²) in [5, 5.41) is 0.726. The van der Waals surface area contributed by atoms with Crippen LogP contribution in [0.4, 0.5) is 4.39 Å². The predicted octanol–water partition coefficient (Wildman–Crippen LogP) is 4.96. The highest BCUT2D eigenvalue weighted by Gasteiger charge is 2.10. The van der Waals surface area contributed by atoms with E-state index in [2.05, 4.69) is 4.74 Å². The molecule has 0 atom stereocenters. The Hall–Kier alpha value is -3.93. The molecule has 5 nitrogen and oxygen atoms in total. The Morgan fingerprint density at radius 2 is 1.70 bits per heavy atom. The minimum atomic E-state index is -0.510. The summed E-state index contributed by atoms with van der Waals surface area (Å²) in [4.78, 5) is 23.9. The number of rotatable bonds is 5. The fraction of sp³-hybridized carbons (Fsp3) is 0.0833. The standard InChI is InChI=1S/C24H17FO5/c1-28-23(26)17-4-2-15(3-5-17)14-29-20-11-8-18-12-21(24(27)30-22(18)13-20)16-6-9-19(25)10-7-16/h2-13H,14H2,1H3. The van der Waals surface area contributed by atoms with Gasteiger partial charge in [-0.3, -0.25) is 0 Å². The first-order valence-corrected chi connectivity index (χ1v) is 9.17. The summed E-state index contributed by atoms with van der Waals surface area (Å²) in [6, 6.07) is 19.5. The molecule has 0 bridgehead atoms. The third-order valence-electron chi connectivity index (χ3n) is 4.64. The molecular formula is C24H17FO5. The van der Waals surface area contributed by atoms with E-state index in [1.165, 1.54) is 31.4 Å². The van der Waals surface area contributed by atoms with Crippen LogP contribution in [-0.4, -0.2) is 13.1 Å². The molecule has 0 radical (unpaired) electrons. The largest absolute Gasteiger partial charge is 0.489 e. The number of carbonyl (C=O) groups excluding carboxylic acids is 1. The van der Waals surface area contributed by atoms with Crippen molar-refractivity contribution in [2.75, 3.05) is 7.11 Å². The lowest BCUT2D eigenvalue weighted by molar-refractivity contribution is 0.0600. The monoisotopic (exact) mass is 404 g/mol. The lowest BCUT2D eigenvalue weighted by Crippen LogP contribution is -2.03. The molecule has 1 heterocycles. The number of ether oxygens (including phenoxy) is 2. The summed E-state index contributed by atoms with van der Waals surface area (Å²) in [5.41, 5.74) is 2.17. The molecule has 3 aromatic carbocycles. The number of methoxy groups -OCH3 is 1. The Morgan fingerprint density at radius 3 is 2.40 bits per heavy atom. The third kappa shape index (κ3) is 4.07. The van der Waals surface area contributed by atoms with Crippen molar-refractivity contribution >= 4 is 16.9 Å². The fourth-order valence-corrected chi connectivity index (χ4v) is 3.03. The first kappa shape index (κ1) is 19.4. The van der Waals surface area contributed by atoms with Crippen LogP contribution in [0, 0.1) is 5.82 Å². The lowest BCUT2D eigenvalue weighted by Gasteiger charge is -2.08.